The van der Waals surface area contributed by atoms with E-state index < -0.39 is 0 Å². The van der Waals surface area contributed by atoms with E-state index in [4.69, 9.17) is 4.98 Å². The molecule has 3 aromatic heterocycles. The number of aryl methyl sites for hydroxylation is 1. The number of nitrogens with one attached hydrogen (secondary N) is 1. The number of hydrogen-bond acceptors (Lipinski definition) is 7. The van der Waals surface area contributed by atoms with Gasteiger partial charge < -0.3 is 10.2 Å². The first-order chi connectivity index (χ1) is 20.6. The molecule has 0 aliphatic carbocycles. The van der Waals surface area contributed by atoms with Crippen LogP contribution in [0.4, 0.5) is 11.5 Å². The zero-order valence-corrected chi connectivity index (χ0v) is 24.0. The number of piperidine rings is 1. The van der Waals surface area contributed by atoms with Crippen molar-refractivity contribution in [2.45, 2.75) is 19.8 Å². The number of rotatable bonds is 6. The highest BCUT2D eigenvalue weighted by Gasteiger charge is 2.27. The summed E-state index contributed by atoms with van der Waals surface area (Å²) in [5.74, 6) is 2.18. The maximum atomic E-state index is 13.2. The maximum absolute atomic E-state index is 13.2. The van der Waals surface area contributed by atoms with Crippen LogP contribution in [0.15, 0.2) is 97.3 Å². The molecule has 1 unspecified atom stereocenters. The molecular weight excluding hydrogens is 542 g/mol. The lowest BCUT2D eigenvalue weighted by Crippen LogP contribution is -2.41. The molecule has 1 aliphatic rings. The predicted octanol–water partition coefficient (Wildman–Crippen LogP) is 6.77. The SMILES string of the molecule is Cc1ccc2nc(-c3ccc(NC(=O)C4CCCN(c5ccc(-n6ccnc6-c6ccccc6)nn5)C4)cc3)sc2c1. The lowest BCUT2D eigenvalue weighted by atomic mass is 9.97. The van der Waals surface area contributed by atoms with Crippen LogP contribution in [0, 0.1) is 12.8 Å². The van der Waals surface area contributed by atoms with Gasteiger partial charge in [0.05, 0.1) is 16.1 Å². The van der Waals surface area contributed by atoms with Crippen molar-refractivity contribution in [2.24, 2.45) is 5.92 Å². The number of benzene rings is 3. The molecule has 6 aromatic rings. The molecule has 1 N–H and O–H groups in total. The van der Waals surface area contributed by atoms with Crippen molar-refractivity contribution >= 4 is 39.0 Å². The molecule has 1 aliphatic heterocycles. The van der Waals surface area contributed by atoms with Gasteiger partial charge in [-0.05, 0) is 73.9 Å². The number of aromatic nitrogens is 5. The highest BCUT2D eigenvalue weighted by molar-refractivity contribution is 7.21. The molecule has 8 nitrogen and oxygen atoms in total. The van der Waals surface area contributed by atoms with E-state index in [1.165, 1.54) is 10.3 Å². The van der Waals surface area contributed by atoms with Gasteiger partial charge in [0, 0.05) is 42.3 Å². The standard InChI is InChI=1S/C33H29N7OS/c1-22-9-14-27-28(20-22)42-33(36-27)24-10-12-26(13-11-24)35-32(41)25-8-5-18-39(21-25)29-15-16-30(38-37-29)40-19-17-34-31(40)23-6-3-2-4-7-23/h2-4,6-7,9-17,19-20,25H,5,8,18,21H2,1H3,(H,35,41). The normalized spacial score (nSPS) is 15.2. The van der Waals surface area contributed by atoms with E-state index in [0.29, 0.717) is 12.4 Å². The number of carbonyl (C=O) groups is 1. The van der Waals surface area contributed by atoms with Gasteiger partial charge in [0.2, 0.25) is 5.91 Å². The van der Waals surface area contributed by atoms with E-state index in [9.17, 15) is 4.79 Å². The fourth-order valence-corrected chi connectivity index (χ4v) is 6.47. The summed E-state index contributed by atoms with van der Waals surface area (Å²) in [7, 11) is 0. The molecule has 0 saturated carbocycles. The first-order valence-electron chi connectivity index (χ1n) is 14.1. The number of hydrogen-bond donors (Lipinski definition) is 1. The van der Waals surface area contributed by atoms with Crippen molar-refractivity contribution < 1.29 is 4.79 Å². The average Bonchev–Trinajstić information content (AvgIpc) is 3.70. The van der Waals surface area contributed by atoms with Crippen LogP contribution in [-0.2, 0) is 4.79 Å². The smallest absolute Gasteiger partial charge is 0.229 e. The third-order valence-corrected chi connectivity index (χ3v) is 8.68. The number of nitrogens with zero attached hydrogens (tertiary/aromatic N) is 6. The Morgan fingerprint density at radius 2 is 1.74 bits per heavy atom. The van der Waals surface area contributed by atoms with Gasteiger partial charge in [-0.15, -0.1) is 21.5 Å². The number of carbonyl (C=O) groups excluding carboxylic acids is 1. The lowest BCUT2D eigenvalue weighted by Gasteiger charge is -2.32. The van der Waals surface area contributed by atoms with Crippen LogP contribution in [0.5, 0.6) is 0 Å². The predicted molar refractivity (Wildman–Crippen MR) is 168 cm³/mol. The summed E-state index contributed by atoms with van der Waals surface area (Å²) >= 11 is 1.69. The third kappa shape index (κ3) is 5.26. The lowest BCUT2D eigenvalue weighted by molar-refractivity contribution is -0.120. The maximum Gasteiger partial charge on any atom is 0.229 e. The summed E-state index contributed by atoms with van der Waals surface area (Å²) in [4.78, 5) is 24.7. The van der Waals surface area contributed by atoms with Gasteiger partial charge in [0.15, 0.2) is 11.6 Å². The monoisotopic (exact) mass is 571 g/mol. The van der Waals surface area contributed by atoms with Crippen LogP contribution in [-0.4, -0.2) is 43.7 Å². The van der Waals surface area contributed by atoms with Crippen LogP contribution in [0.25, 0.3) is 38.0 Å². The number of thiazole rings is 1. The van der Waals surface area contributed by atoms with E-state index in [0.717, 1.165) is 58.4 Å². The van der Waals surface area contributed by atoms with Crippen molar-refractivity contribution in [3.8, 4) is 27.8 Å². The topological polar surface area (TPSA) is 88.8 Å². The second-order valence-corrected chi connectivity index (χ2v) is 11.6. The number of amides is 1. The third-order valence-electron chi connectivity index (χ3n) is 7.62. The van der Waals surface area contributed by atoms with Crippen molar-refractivity contribution in [3.05, 3.63) is 103 Å². The summed E-state index contributed by atoms with van der Waals surface area (Å²) in [6, 6.07) is 28.2. The van der Waals surface area contributed by atoms with Crippen LogP contribution < -0.4 is 10.2 Å². The number of anilines is 2. The molecule has 1 amide bonds. The van der Waals surface area contributed by atoms with Gasteiger partial charge in [-0.1, -0.05) is 36.4 Å². The molecule has 4 heterocycles. The fourth-order valence-electron chi connectivity index (χ4n) is 5.40. The minimum atomic E-state index is -0.134. The Morgan fingerprint density at radius 3 is 2.55 bits per heavy atom. The van der Waals surface area contributed by atoms with Crippen LogP contribution >= 0.6 is 11.3 Å². The van der Waals surface area contributed by atoms with Crippen LogP contribution in [0.2, 0.25) is 0 Å². The second-order valence-electron chi connectivity index (χ2n) is 10.6. The van der Waals surface area contributed by atoms with Crippen molar-refractivity contribution in [1.29, 1.82) is 0 Å². The second kappa shape index (κ2) is 11.2. The molecular formula is C33H29N7OS. The van der Waals surface area contributed by atoms with E-state index in [2.05, 4.69) is 50.5 Å². The highest BCUT2D eigenvalue weighted by atomic mass is 32.1. The molecule has 1 atom stereocenters. The Balaban J connectivity index is 1.00. The van der Waals surface area contributed by atoms with Crippen molar-refractivity contribution in [1.82, 2.24) is 24.7 Å². The first kappa shape index (κ1) is 26.0. The van der Waals surface area contributed by atoms with Gasteiger partial charge in [-0.2, -0.15) is 0 Å². The van der Waals surface area contributed by atoms with E-state index in [-0.39, 0.29) is 11.8 Å². The van der Waals surface area contributed by atoms with Gasteiger partial charge in [-0.25, -0.2) is 9.97 Å². The fraction of sp³-hybridized carbons (Fsp3) is 0.182. The molecule has 7 rings (SSSR count). The zero-order valence-electron chi connectivity index (χ0n) is 23.1. The summed E-state index contributed by atoms with van der Waals surface area (Å²) in [6.07, 6.45) is 5.41. The summed E-state index contributed by atoms with van der Waals surface area (Å²) in [6.45, 7) is 3.54. The highest BCUT2D eigenvalue weighted by Crippen LogP contribution is 2.32. The number of imidazole rings is 1. The average molecular weight is 572 g/mol. The Labute approximate surface area is 247 Å². The molecule has 3 aromatic carbocycles. The van der Waals surface area contributed by atoms with E-state index in [1.54, 1.807) is 17.5 Å². The minimum absolute atomic E-state index is 0.0263. The molecule has 0 radical (unpaired) electrons. The Morgan fingerprint density at radius 1 is 0.929 bits per heavy atom. The van der Waals surface area contributed by atoms with Crippen molar-refractivity contribution in [3.63, 3.8) is 0 Å². The molecule has 0 spiro atoms. The Bertz CT molecular complexity index is 1850. The largest absolute Gasteiger partial charge is 0.354 e. The van der Waals surface area contributed by atoms with Gasteiger partial charge in [-0.3, -0.25) is 9.36 Å². The van der Waals surface area contributed by atoms with E-state index >= 15 is 0 Å². The first-order valence-corrected chi connectivity index (χ1v) is 14.9. The van der Waals surface area contributed by atoms with Crippen LogP contribution in [0.3, 0.4) is 0 Å². The molecule has 42 heavy (non-hydrogen) atoms. The van der Waals surface area contributed by atoms with Gasteiger partial charge in [0.1, 0.15) is 10.8 Å². The summed E-state index contributed by atoms with van der Waals surface area (Å²) in [5.41, 5.74) is 5.09. The number of fused-ring (bicyclic) bond motifs is 1. The molecule has 9 heteroatoms. The Kier molecular flexibility index (Phi) is 6.93. The molecule has 1 saturated heterocycles. The van der Waals surface area contributed by atoms with Crippen LogP contribution in [0.1, 0.15) is 18.4 Å². The molecule has 208 valence electrons. The zero-order chi connectivity index (χ0) is 28.5. The summed E-state index contributed by atoms with van der Waals surface area (Å²) in [5, 5.41) is 13.1. The van der Waals surface area contributed by atoms with Gasteiger partial charge in [0.25, 0.3) is 0 Å². The minimum Gasteiger partial charge on any atom is -0.354 e. The molecule has 0 bridgehead atoms. The van der Waals surface area contributed by atoms with Crippen molar-refractivity contribution in [2.75, 3.05) is 23.3 Å². The van der Waals surface area contributed by atoms with Gasteiger partial charge >= 0.3 is 0 Å². The molecule has 1 fully saturated rings. The quantitative estimate of drug-likeness (QED) is 0.237. The van der Waals surface area contributed by atoms with E-state index in [1.807, 2.05) is 77.5 Å². The Hall–Kier alpha value is -4.89. The summed E-state index contributed by atoms with van der Waals surface area (Å²) < 4.78 is 3.11.